The molecule has 0 aromatic rings. The second-order valence-electron chi connectivity index (χ2n) is 2.67. The van der Waals surface area contributed by atoms with Crippen molar-refractivity contribution in [1.82, 2.24) is 5.06 Å². The lowest BCUT2D eigenvalue weighted by Crippen LogP contribution is -2.26. The second kappa shape index (κ2) is 9.63. The van der Waals surface area contributed by atoms with E-state index in [2.05, 4.69) is 22.6 Å². The number of alkyl halides is 1. The molecule has 0 amide bonds. The van der Waals surface area contributed by atoms with Crippen molar-refractivity contribution >= 4 is 28.6 Å². The van der Waals surface area contributed by atoms with Gasteiger partial charge < -0.3 is 9.84 Å². The number of aliphatic hydroxyl groups is 1. The van der Waals surface area contributed by atoms with E-state index in [-0.39, 0.29) is 32.3 Å². The maximum atomic E-state index is 10.9. The Morgan fingerprint density at radius 2 is 2.14 bits per heavy atom. The van der Waals surface area contributed by atoms with Crippen LogP contribution >= 0.6 is 22.6 Å². The average Bonchev–Trinajstić information content (AvgIpc) is 2.15. The maximum Gasteiger partial charge on any atom is 0.305 e. The molecule has 0 aliphatic rings. The van der Waals surface area contributed by atoms with Crippen LogP contribution < -0.4 is 0 Å². The average molecular weight is 316 g/mol. The van der Waals surface area contributed by atoms with Crippen LogP contribution in [-0.2, 0) is 14.7 Å². The molecule has 6 heteroatoms. The fourth-order valence-corrected chi connectivity index (χ4v) is 1.15. The Balaban J connectivity index is 3.30. The number of hydrogen-bond donors (Lipinski definition) is 1. The van der Waals surface area contributed by atoms with Crippen LogP contribution in [0.25, 0.3) is 0 Å². The standard InChI is InChI=1S/C8H15INO4/c9-3-1-2-8(12)14-7-5-10(13)4-6-11/h11H,1-7H2. The highest BCUT2D eigenvalue weighted by atomic mass is 127. The molecule has 14 heavy (non-hydrogen) atoms. The molecule has 0 bridgehead atoms. The monoisotopic (exact) mass is 316 g/mol. The molecule has 0 aliphatic heterocycles. The van der Waals surface area contributed by atoms with Crippen LogP contribution in [0.15, 0.2) is 0 Å². The number of hydroxylamine groups is 2. The molecule has 0 unspecified atom stereocenters. The van der Waals surface area contributed by atoms with Gasteiger partial charge in [-0.25, -0.2) is 0 Å². The zero-order valence-electron chi connectivity index (χ0n) is 7.95. The van der Waals surface area contributed by atoms with Crippen molar-refractivity contribution in [2.24, 2.45) is 0 Å². The number of rotatable bonds is 8. The third-order valence-electron chi connectivity index (χ3n) is 1.47. The fraction of sp³-hybridized carbons (Fsp3) is 0.875. The van der Waals surface area contributed by atoms with Gasteiger partial charge in [0.05, 0.1) is 19.7 Å². The molecule has 1 N–H and O–H groups in total. The van der Waals surface area contributed by atoms with Gasteiger partial charge in [0, 0.05) is 10.8 Å². The van der Waals surface area contributed by atoms with Crippen LogP contribution in [0.5, 0.6) is 0 Å². The van der Waals surface area contributed by atoms with Crippen molar-refractivity contribution in [2.75, 3.05) is 30.7 Å². The van der Waals surface area contributed by atoms with Gasteiger partial charge in [-0.1, -0.05) is 22.6 Å². The van der Waals surface area contributed by atoms with Gasteiger partial charge in [0.25, 0.3) is 0 Å². The van der Waals surface area contributed by atoms with Crippen LogP contribution in [0, 0.1) is 0 Å². The lowest BCUT2D eigenvalue weighted by atomic mass is 10.3. The zero-order chi connectivity index (χ0) is 10.8. The Labute approximate surface area is 97.1 Å². The molecule has 83 valence electrons. The number of ether oxygens (including phenoxy) is 1. The van der Waals surface area contributed by atoms with E-state index < -0.39 is 0 Å². The number of carbonyl (C=O) groups excluding carboxylic acids is 1. The van der Waals surface area contributed by atoms with Crippen LogP contribution in [-0.4, -0.2) is 46.9 Å². The zero-order valence-corrected chi connectivity index (χ0v) is 10.1. The molecule has 0 spiro atoms. The SMILES string of the molecule is [O]N(CCO)CCOC(=O)CCCI. The smallest absolute Gasteiger partial charge is 0.305 e. The summed E-state index contributed by atoms with van der Waals surface area (Å²) in [5.74, 6) is -0.265. The van der Waals surface area contributed by atoms with Crippen molar-refractivity contribution in [3.8, 4) is 0 Å². The lowest BCUT2D eigenvalue weighted by Gasteiger charge is -2.10. The third-order valence-corrected chi connectivity index (χ3v) is 2.23. The normalized spacial score (nSPS) is 10.6. The summed E-state index contributed by atoms with van der Waals surface area (Å²) in [6.07, 6.45) is 1.21. The van der Waals surface area contributed by atoms with E-state index in [0.29, 0.717) is 11.5 Å². The van der Waals surface area contributed by atoms with Crippen LogP contribution in [0.1, 0.15) is 12.8 Å². The Kier molecular flexibility index (Phi) is 9.68. The summed E-state index contributed by atoms with van der Waals surface area (Å²) in [6, 6.07) is 0. The molecule has 0 saturated carbocycles. The minimum absolute atomic E-state index is 0.0608. The Morgan fingerprint density at radius 1 is 1.43 bits per heavy atom. The fourth-order valence-electron chi connectivity index (χ4n) is 0.768. The van der Waals surface area contributed by atoms with Crippen molar-refractivity contribution in [3.63, 3.8) is 0 Å². The summed E-state index contributed by atoms with van der Waals surface area (Å²) in [7, 11) is 0. The van der Waals surface area contributed by atoms with E-state index in [0.717, 1.165) is 10.8 Å². The van der Waals surface area contributed by atoms with Crippen molar-refractivity contribution in [1.29, 1.82) is 0 Å². The first-order valence-corrected chi connectivity index (χ1v) is 5.97. The second-order valence-corrected chi connectivity index (χ2v) is 3.74. The van der Waals surface area contributed by atoms with Gasteiger partial charge in [-0.15, -0.1) is 10.3 Å². The minimum Gasteiger partial charge on any atom is -0.464 e. The molecule has 0 saturated heterocycles. The van der Waals surface area contributed by atoms with E-state index in [4.69, 9.17) is 9.84 Å². The predicted octanol–water partition coefficient (Wildman–Crippen LogP) is 0.385. The van der Waals surface area contributed by atoms with Gasteiger partial charge in [0.15, 0.2) is 0 Å². The number of aliphatic hydroxyl groups excluding tert-OH is 1. The highest BCUT2D eigenvalue weighted by Gasteiger charge is 2.04. The van der Waals surface area contributed by atoms with E-state index in [9.17, 15) is 10.0 Å². The van der Waals surface area contributed by atoms with Crippen LogP contribution in [0.2, 0.25) is 0 Å². The molecule has 0 fully saturated rings. The van der Waals surface area contributed by atoms with Crippen LogP contribution in [0.4, 0.5) is 0 Å². The highest BCUT2D eigenvalue weighted by Crippen LogP contribution is 1.96. The Morgan fingerprint density at radius 3 is 2.71 bits per heavy atom. The highest BCUT2D eigenvalue weighted by molar-refractivity contribution is 14.1. The summed E-state index contributed by atoms with van der Waals surface area (Å²) >= 11 is 2.19. The first-order valence-electron chi connectivity index (χ1n) is 4.45. The van der Waals surface area contributed by atoms with Gasteiger partial charge in [0.2, 0.25) is 0 Å². The molecule has 0 atom stereocenters. The van der Waals surface area contributed by atoms with Gasteiger partial charge in [0.1, 0.15) is 6.61 Å². The van der Waals surface area contributed by atoms with Crippen LogP contribution in [0.3, 0.4) is 0 Å². The number of nitrogens with zero attached hydrogens (tertiary/aromatic N) is 1. The lowest BCUT2D eigenvalue weighted by molar-refractivity contribution is -0.174. The number of halogens is 1. The van der Waals surface area contributed by atoms with E-state index in [1.807, 2.05) is 0 Å². The molecule has 0 aromatic carbocycles. The maximum absolute atomic E-state index is 10.9. The first kappa shape index (κ1) is 14.1. The summed E-state index contributed by atoms with van der Waals surface area (Å²) in [5, 5.41) is 19.9. The molecule has 0 rings (SSSR count). The van der Waals surface area contributed by atoms with Crippen molar-refractivity contribution in [2.45, 2.75) is 12.8 Å². The Bertz CT molecular complexity index is 156. The number of carbonyl (C=O) groups is 1. The predicted molar refractivity (Wildman–Crippen MR) is 58.4 cm³/mol. The molecule has 5 nitrogen and oxygen atoms in total. The van der Waals surface area contributed by atoms with Gasteiger partial charge >= 0.3 is 5.97 Å². The molecule has 0 aliphatic carbocycles. The molecular formula is C8H15INO4. The van der Waals surface area contributed by atoms with E-state index >= 15 is 0 Å². The van der Waals surface area contributed by atoms with Gasteiger partial charge in [-0.2, -0.15) is 0 Å². The topological polar surface area (TPSA) is 69.7 Å². The Hall–Kier alpha value is 0.0800. The number of hydrogen-bond acceptors (Lipinski definition) is 4. The van der Waals surface area contributed by atoms with Gasteiger partial charge in [-0.05, 0) is 6.42 Å². The summed E-state index contributed by atoms with van der Waals surface area (Å²) < 4.78 is 5.72. The molecule has 0 heterocycles. The van der Waals surface area contributed by atoms with Crippen molar-refractivity contribution in [3.05, 3.63) is 0 Å². The molecular weight excluding hydrogens is 301 g/mol. The van der Waals surface area contributed by atoms with Gasteiger partial charge in [-0.3, -0.25) is 4.79 Å². The first-order chi connectivity index (χ1) is 6.70. The largest absolute Gasteiger partial charge is 0.464 e. The summed E-state index contributed by atoms with van der Waals surface area (Å²) in [5.41, 5.74) is 0. The van der Waals surface area contributed by atoms with E-state index in [1.165, 1.54) is 0 Å². The molecule has 0 aromatic heterocycles. The van der Waals surface area contributed by atoms with E-state index in [1.54, 1.807) is 0 Å². The van der Waals surface area contributed by atoms with Crippen molar-refractivity contribution < 1.29 is 19.8 Å². The summed E-state index contributed by atoms with van der Waals surface area (Å²) in [4.78, 5) is 10.9. The quantitative estimate of drug-likeness (QED) is 0.304. The third kappa shape index (κ3) is 8.67. The summed E-state index contributed by atoms with van der Waals surface area (Å²) in [6.45, 7) is 0.109. The minimum atomic E-state index is -0.265. The number of esters is 1. The molecule has 1 radical (unpaired) electrons.